The first-order chi connectivity index (χ1) is 15.0. The first kappa shape index (κ1) is 20.4. The average Bonchev–Trinajstić information content (AvgIpc) is 3.34. The molecule has 1 saturated heterocycles. The molecule has 3 aromatic rings. The molecule has 156 valence electrons. The van der Waals surface area contributed by atoms with E-state index < -0.39 is 16.1 Å². The SMILES string of the molecule is COc1ccc(-n2cccc2/C=C2/SC(=O)N(Cc3cccc([N+](=O)[O-])c3)C2=O)cc1. The van der Waals surface area contributed by atoms with Crippen molar-refractivity contribution in [2.24, 2.45) is 0 Å². The number of aromatic nitrogens is 1. The molecular weight excluding hydrogens is 418 g/mol. The summed E-state index contributed by atoms with van der Waals surface area (Å²) < 4.78 is 7.08. The molecule has 2 heterocycles. The van der Waals surface area contributed by atoms with Gasteiger partial charge in [-0.15, -0.1) is 0 Å². The summed E-state index contributed by atoms with van der Waals surface area (Å²) in [6.07, 6.45) is 3.53. The summed E-state index contributed by atoms with van der Waals surface area (Å²) in [6.45, 7) is -0.0246. The Morgan fingerprint density at radius 2 is 1.87 bits per heavy atom. The number of hydrogen-bond acceptors (Lipinski definition) is 6. The zero-order chi connectivity index (χ0) is 22.0. The van der Waals surface area contributed by atoms with Crippen molar-refractivity contribution in [3.8, 4) is 11.4 Å². The fourth-order valence-electron chi connectivity index (χ4n) is 3.21. The normalized spacial score (nSPS) is 15.0. The summed E-state index contributed by atoms with van der Waals surface area (Å²) >= 11 is 0.851. The number of carbonyl (C=O) groups excluding carboxylic acids is 2. The van der Waals surface area contributed by atoms with E-state index in [4.69, 9.17) is 4.74 Å². The molecule has 0 bridgehead atoms. The number of hydrogen-bond donors (Lipinski definition) is 0. The summed E-state index contributed by atoms with van der Waals surface area (Å²) in [5, 5.41) is 10.6. The second-order valence-electron chi connectivity index (χ2n) is 6.70. The molecule has 0 saturated carbocycles. The van der Waals surface area contributed by atoms with Gasteiger partial charge in [0.15, 0.2) is 0 Å². The van der Waals surface area contributed by atoms with Crippen LogP contribution in [-0.4, -0.2) is 32.6 Å². The van der Waals surface area contributed by atoms with Gasteiger partial charge in [0.2, 0.25) is 0 Å². The molecule has 0 radical (unpaired) electrons. The molecule has 0 N–H and O–H groups in total. The number of thioether (sulfide) groups is 1. The van der Waals surface area contributed by atoms with Crippen molar-refractivity contribution in [2.75, 3.05) is 7.11 Å². The Balaban J connectivity index is 1.57. The summed E-state index contributed by atoms with van der Waals surface area (Å²) in [5.74, 6) is 0.309. The lowest BCUT2D eigenvalue weighted by Gasteiger charge is -2.12. The number of non-ortho nitro benzene ring substituents is 1. The molecular formula is C22H17N3O5S. The number of imide groups is 1. The molecule has 8 nitrogen and oxygen atoms in total. The van der Waals surface area contributed by atoms with Gasteiger partial charge in [-0.1, -0.05) is 12.1 Å². The number of ether oxygens (including phenoxy) is 1. The average molecular weight is 435 g/mol. The van der Waals surface area contributed by atoms with Crippen molar-refractivity contribution < 1.29 is 19.2 Å². The van der Waals surface area contributed by atoms with Gasteiger partial charge in [0.1, 0.15) is 5.75 Å². The van der Waals surface area contributed by atoms with Crippen LogP contribution in [0.15, 0.2) is 71.8 Å². The molecule has 31 heavy (non-hydrogen) atoms. The van der Waals surface area contributed by atoms with Crippen LogP contribution in [0.2, 0.25) is 0 Å². The molecule has 0 atom stereocenters. The molecule has 2 aromatic carbocycles. The number of nitrogens with zero attached hydrogens (tertiary/aromatic N) is 3. The lowest BCUT2D eigenvalue weighted by molar-refractivity contribution is -0.384. The largest absolute Gasteiger partial charge is 0.497 e. The molecule has 1 aromatic heterocycles. The molecule has 1 fully saturated rings. The van der Waals surface area contributed by atoms with Gasteiger partial charge in [-0.25, -0.2) is 0 Å². The van der Waals surface area contributed by atoms with Crippen LogP contribution >= 0.6 is 11.8 Å². The van der Waals surface area contributed by atoms with Gasteiger partial charge in [-0.05, 0) is 59.8 Å². The topological polar surface area (TPSA) is 94.7 Å². The van der Waals surface area contributed by atoms with Gasteiger partial charge < -0.3 is 9.30 Å². The summed E-state index contributed by atoms with van der Waals surface area (Å²) in [4.78, 5) is 37.1. The maximum Gasteiger partial charge on any atom is 0.293 e. The monoisotopic (exact) mass is 435 g/mol. The Hall–Kier alpha value is -3.85. The van der Waals surface area contributed by atoms with Crippen molar-refractivity contribution >= 4 is 34.7 Å². The quantitative estimate of drug-likeness (QED) is 0.318. The minimum atomic E-state index is -0.509. The molecule has 1 aliphatic heterocycles. The van der Waals surface area contributed by atoms with E-state index in [2.05, 4.69) is 0 Å². The predicted octanol–water partition coefficient (Wildman–Crippen LogP) is 4.63. The van der Waals surface area contributed by atoms with Crippen LogP contribution in [0.25, 0.3) is 11.8 Å². The first-order valence-electron chi connectivity index (χ1n) is 9.27. The smallest absolute Gasteiger partial charge is 0.293 e. The molecule has 2 amide bonds. The molecule has 0 aliphatic carbocycles. The Bertz CT molecular complexity index is 1200. The third kappa shape index (κ3) is 4.22. The number of methoxy groups -OCH3 is 1. The van der Waals surface area contributed by atoms with Gasteiger partial charge in [0, 0.05) is 29.7 Å². The van der Waals surface area contributed by atoms with Crippen molar-refractivity contribution in [3.05, 3.63) is 93.1 Å². The second-order valence-corrected chi connectivity index (χ2v) is 7.69. The summed E-state index contributed by atoms with van der Waals surface area (Å²) in [6, 6.07) is 17.1. The Morgan fingerprint density at radius 1 is 1.10 bits per heavy atom. The van der Waals surface area contributed by atoms with Crippen molar-refractivity contribution in [3.63, 3.8) is 0 Å². The number of nitro groups is 1. The standard InChI is InChI=1S/C22H17N3O5S/c1-30-19-9-7-16(8-10-19)23-11-3-6-17(23)13-20-21(26)24(22(27)31-20)14-15-4-2-5-18(12-15)25(28)29/h2-13H,14H2,1H3/b20-13+. The minimum absolute atomic E-state index is 0.0246. The fraction of sp³-hybridized carbons (Fsp3) is 0.0909. The van der Waals surface area contributed by atoms with E-state index in [0.717, 1.165) is 33.8 Å². The lowest BCUT2D eigenvalue weighted by atomic mass is 10.2. The van der Waals surface area contributed by atoms with Crippen LogP contribution in [0, 0.1) is 10.1 Å². The van der Waals surface area contributed by atoms with Crippen LogP contribution in [0.3, 0.4) is 0 Å². The van der Waals surface area contributed by atoms with Crippen LogP contribution in [0.5, 0.6) is 5.75 Å². The highest BCUT2D eigenvalue weighted by Gasteiger charge is 2.35. The highest BCUT2D eigenvalue weighted by Crippen LogP contribution is 2.34. The highest BCUT2D eigenvalue weighted by atomic mass is 32.2. The van der Waals surface area contributed by atoms with Crippen LogP contribution in [-0.2, 0) is 11.3 Å². The van der Waals surface area contributed by atoms with Crippen molar-refractivity contribution in [1.82, 2.24) is 9.47 Å². The Morgan fingerprint density at radius 3 is 2.58 bits per heavy atom. The molecule has 4 rings (SSSR count). The van der Waals surface area contributed by atoms with Gasteiger partial charge in [-0.2, -0.15) is 0 Å². The fourth-order valence-corrected chi connectivity index (χ4v) is 4.03. The molecule has 0 unspecified atom stereocenters. The molecule has 1 aliphatic rings. The third-order valence-corrected chi connectivity index (χ3v) is 5.65. The molecule has 0 spiro atoms. The maximum atomic E-state index is 12.9. The number of nitro benzene ring substituents is 1. The van der Waals surface area contributed by atoms with Gasteiger partial charge in [0.25, 0.3) is 16.8 Å². The lowest BCUT2D eigenvalue weighted by Crippen LogP contribution is -2.27. The van der Waals surface area contributed by atoms with Crippen LogP contribution in [0.4, 0.5) is 10.5 Å². The van der Waals surface area contributed by atoms with E-state index in [1.54, 1.807) is 19.3 Å². The Labute approximate surface area is 181 Å². The zero-order valence-electron chi connectivity index (χ0n) is 16.4. The van der Waals surface area contributed by atoms with E-state index in [-0.39, 0.29) is 12.2 Å². The van der Waals surface area contributed by atoms with Gasteiger partial charge in [0.05, 0.1) is 23.5 Å². The first-order valence-corrected chi connectivity index (χ1v) is 10.1. The maximum absolute atomic E-state index is 12.9. The van der Waals surface area contributed by atoms with Crippen molar-refractivity contribution in [2.45, 2.75) is 6.54 Å². The highest BCUT2D eigenvalue weighted by molar-refractivity contribution is 8.18. The minimum Gasteiger partial charge on any atom is -0.497 e. The number of carbonyl (C=O) groups is 2. The number of amides is 2. The van der Waals surface area contributed by atoms with E-state index in [0.29, 0.717) is 10.5 Å². The van der Waals surface area contributed by atoms with E-state index in [9.17, 15) is 19.7 Å². The number of rotatable bonds is 6. The van der Waals surface area contributed by atoms with Crippen molar-refractivity contribution in [1.29, 1.82) is 0 Å². The van der Waals surface area contributed by atoms with Crippen LogP contribution in [0.1, 0.15) is 11.3 Å². The molecule has 9 heteroatoms. The van der Waals surface area contributed by atoms with Gasteiger partial charge in [-0.3, -0.25) is 24.6 Å². The second kappa shape index (κ2) is 8.49. The van der Waals surface area contributed by atoms with Crippen LogP contribution < -0.4 is 4.74 Å². The predicted molar refractivity (Wildman–Crippen MR) is 117 cm³/mol. The zero-order valence-corrected chi connectivity index (χ0v) is 17.2. The van der Waals surface area contributed by atoms with Gasteiger partial charge >= 0.3 is 0 Å². The van der Waals surface area contributed by atoms with E-state index in [1.807, 2.05) is 47.2 Å². The summed E-state index contributed by atoms with van der Waals surface area (Å²) in [7, 11) is 1.60. The third-order valence-electron chi connectivity index (χ3n) is 4.75. The summed E-state index contributed by atoms with van der Waals surface area (Å²) in [5.41, 5.74) is 2.05. The van der Waals surface area contributed by atoms with E-state index in [1.165, 1.54) is 18.2 Å². The van der Waals surface area contributed by atoms with E-state index >= 15 is 0 Å². The Kier molecular flexibility index (Phi) is 5.59. The number of benzene rings is 2.